The standard InChI is InChI=1S/C15H10Br2N2O/c16-11-7-12(17)14(19-8-11)15(20)10-3-4-13-9(6-10)2-1-5-18-13/h1-8,15,20H. The van der Waals surface area contributed by atoms with E-state index >= 15 is 0 Å². The van der Waals surface area contributed by atoms with Crippen LogP contribution in [-0.4, -0.2) is 15.1 Å². The number of rotatable bonds is 2. The molecule has 0 aliphatic rings. The number of aliphatic hydroxyl groups is 1. The van der Waals surface area contributed by atoms with E-state index in [1.807, 2.05) is 36.4 Å². The first-order chi connectivity index (χ1) is 9.65. The third kappa shape index (κ3) is 2.61. The van der Waals surface area contributed by atoms with Crippen molar-refractivity contribution in [1.82, 2.24) is 9.97 Å². The molecule has 1 atom stereocenters. The largest absolute Gasteiger partial charge is 0.382 e. The average Bonchev–Trinajstić information content (AvgIpc) is 2.46. The highest BCUT2D eigenvalue weighted by atomic mass is 79.9. The molecule has 0 aliphatic carbocycles. The molecule has 3 rings (SSSR count). The van der Waals surface area contributed by atoms with Crippen molar-refractivity contribution in [3.8, 4) is 0 Å². The number of pyridine rings is 2. The highest BCUT2D eigenvalue weighted by molar-refractivity contribution is 9.11. The van der Waals surface area contributed by atoms with Gasteiger partial charge in [0.1, 0.15) is 6.10 Å². The van der Waals surface area contributed by atoms with E-state index in [1.165, 1.54) is 0 Å². The Kier molecular flexibility index (Phi) is 3.83. The second-order valence-electron chi connectivity index (χ2n) is 4.38. The summed E-state index contributed by atoms with van der Waals surface area (Å²) in [4.78, 5) is 8.55. The maximum absolute atomic E-state index is 10.5. The minimum atomic E-state index is -0.776. The fourth-order valence-electron chi connectivity index (χ4n) is 2.05. The monoisotopic (exact) mass is 392 g/mol. The Bertz CT molecular complexity index is 777. The van der Waals surface area contributed by atoms with Gasteiger partial charge in [0.25, 0.3) is 0 Å². The first kappa shape index (κ1) is 13.7. The molecule has 100 valence electrons. The average molecular weight is 394 g/mol. The Morgan fingerprint density at radius 1 is 1.05 bits per heavy atom. The summed E-state index contributed by atoms with van der Waals surface area (Å²) in [6, 6.07) is 11.4. The number of benzene rings is 1. The second kappa shape index (κ2) is 5.60. The molecular formula is C15H10Br2N2O. The smallest absolute Gasteiger partial charge is 0.122 e. The molecule has 2 heterocycles. The summed E-state index contributed by atoms with van der Waals surface area (Å²) in [7, 11) is 0. The molecule has 1 N–H and O–H groups in total. The number of hydrogen-bond donors (Lipinski definition) is 1. The van der Waals surface area contributed by atoms with Crippen molar-refractivity contribution in [2.75, 3.05) is 0 Å². The SMILES string of the molecule is OC(c1ccc2ncccc2c1)c1ncc(Br)cc1Br. The van der Waals surface area contributed by atoms with E-state index in [1.54, 1.807) is 12.4 Å². The predicted molar refractivity (Wildman–Crippen MR) is 85.4 cm³/mol. The fourth-order valence-corrected chi connectivity index (χ4v) is 3.25. The molecule has 0 saturated carbocycles. The highest BCUT2D eigenvalue weighted by Crippen LogP contribution is 2.29. The van der Waals surface area contributed by atoms with E-state index in [2.05, 4.69) is 41.8 Å². The highest BCUT2D eigenvalue weighted by Gasteiger charge is 2.16. The molecule has 20 heavy (non-hydrogen) atoms. The van der Waals surface area contributed by atoms with Gasteiger partial charge < -0.3 is 5.11 Å². The number of aliphatic hydroxyl groups excluding tert-OH is 1. The maximum atomic E-state index is 10.5. The summed E-state index contributed by atoms with van der Waals surface area (Å²) in [5, 5.41) is 11.5. The van der Waals surface area contributed by atoms with Gasteiger partial charge in [0.15, 0.2) is 0 Å². The minimum absolute atomic E-state index is 0.594. The van der Waals surface area contributed by atoms with Gasteiger partial charge in [-0.15, -0.1) is 0 Å². The second-order valence-corrected chi connectivity index (χ2v) is 6.15. The van der Waals surface area contributed by atoms with Gasteiger partial charge >= 0.3 is 0 Å². The van der Waals surface area contributed by atoms with Crippen molar-refractivity contribution in [1.29, 1.82) is 0 Å². The van der Waals surface area contributed by atoms with Gasteiger partial charge in [0, 0.05) is 26.7 Å². The Hall–Kier alpha value is -1.30. The topological polar surface area (TPSA) is 46.0 Å². The third-order valence-electron chi connectivity index (χ3n) is 3.04. The molecule has 0 bridgehead atoms. The van der Waals surface area contributed by atoms with Gasteiger partial charge in [-0.1, -0.05) is 12.1 Å². The van der Waals surface area contributed by atoms with Crippen LogP contribution in [0.3, 0.4) is 0 Å². The van der Waals surface area contributed by atoms with Gasteiger partial charge in [0.2, 0.25) is 0 Å². The Labute approximate surface area is 133 Å². The zero-order valence-corrected chi connectivity index (χ0v) is 13.5. The number of hydrogen-bond acceptors (Lipinski definition) is 3. The molecule has 5 heteroatoms. The molecule has 1 aromatic carbocycles. The summed E-state index contributed by atoms with van der Waals surface area (Å²) in [6.07, 6.45) is 2.65. The quantitative estimate of drug-likeness (QED) is 0.708. The first-order valence-corrected chi connectivity index (χ1v) is 7.57. The van der Waals surface area contributed by atoms with Gasteiger partial charge in [-0.3, -0.25) is 9.97 Å². The zero-order valence-electron chi connectivity index (χ0n) is 10.3. The molecule has 0 amide bonds. The summed E-state index contributed by atoms with van der Waals surface area (Å²) < 4.78 is 1.63. The molecular weight excluding hydrogens is 384 g/mol. The molecule has 0 aliphatic heterocycles. The van der Waals surface area contributed by atoms with Crippen molar-refractivity contribution >= 4 is 42.8 Å². The summed E-state index contributed by atoms with van der Waals surface area (Å²) in [5.74, 6) is 0. The van der Waals surface area contributed by atoms with E-state index in [0.29, 0.717) is 5.69 Å². The van der Waals surface area contributed by atoms with Crippen LogP contribution in [0.25, 0.3) is 10.9 Å². The molecule has 3 aromatic rings. The van der Waals surface area contributed by atoms with Gasteiger partial charge in [0.05, 0.1) is 11.2 Å². The van der Waals surface area contributed by atoms with E-state index < -0.39 is 6.10 Å². The molecule has 2 aromatic heterocycles. The maximum Gasteiger partial charge on any atom is 0.122 e. The van der Waals surface area contributed by atoms with E-state index in [4.69, 9.17) is 0 Å². The summed E-state index contributed by atoms with van der Waals surface area (Å²) in [5.41, 5.74) is 2.30. The Morgan fingerprint density at radius 2 is 1.90 bits per heavy atom. The van der Waals surface area contributed by atoms with Crippen LogP contribution in [-0.2, 0) is 0 Å². The molecule has 0 spiro atoms. The lowest BCUT2D eigenvalue weighted by molar-refractivity contribution is 0.214. The van der Waals surface area contributed by atoms with Gasteiger partial charge in [-0.25, -0.2) is 0 Å². The van der Waals surface area contributed by atoms with Crippen LogP contribution in [0.5, 0.6) is 0 Å². The van der Waals surface area contributed by atoms with Crippen LogP contribution in [0.15, 0.2) is 57.7 Å². The minimum Gasteiger partial charge on any atom is -0.382 e. The molecule has 3 nitrogen and oxygen atoms in total. The van der Waals surface area contributed by atoms with E-state index in [-0.39, 0.29) is 0 Å². The molecule has 1 unspecified atom stereocenters. The molecule has 0 saturated heterocycles. The number of aromatic nitrogens is 2. The number of halogens is 2. The molecule has 0 fully saturated rings. The van der Waals surface area contributed by atoms with Gasteiger partial charge in [-0.2, -0.15) is 0 Å². The number of nitrogens with zero attached hydrogens (tertiary/aromatic N) is 2. The van der Waals surface area contributed by atoms with Gasteiger partial charge in [-0.05, 0) is 61.7 Å². The van der Waals surface area contributed by atoms with Crippen LogP contribution in [0.2, 0.25) is 0 Å². The summed E-state index contributed by atoms with van der Waals surface area (Å²) >= 11 is 6.78. The molecule has 0 radical (unpaired) electrons. The lowest BCUT2D eigenvalue weighted by Crippen LogP contribution is -2.03. The lowest BCUT2D eigenvalue weighted by Gasteiger charge is -2.13. The third-order valence-corrected chi connectivity index (χ3v) is 4.11. The van der Waals surface area contributed by atoms with Crippen molar-refractivity contribution in [2.24, 2.45) is 0 Å². The number of fused-ring (bicyclic) bond motifs is 1. The van der Waals surface area contributed by atoms with Crippen LogP contribution in [0, 0.1) is 0 Å². The Balaban J connectivity index is 2.05. The van der Waals surface area contributed by atoms with E-state index in [0.717, 1.165) is 25.4 Å². The van der Waals surface area contributed by atoms with Crippen molar-refractivity contribution in [3.05, 3.63) is 69.0 Å². The van der Waals surface area contributed by atoms with Crippen LogP contribution in [0.4, 0.5) is 0 Å². The van der Waals surface area contributed by atoms with Crippen LogP contribution < -0.4 is 0 Å². The zero-order chi connectivity index (χ0) is 14.1. The first-order valence-electron chi connectivity index (χ1n) is 5.99. The van der Waals surface area contributed by atoms with E-state index in [9.17, 15) is 5.11 Å². The fraction of sp³-hybridized carbons (Fsp3) is 0.0667. The van der Waals surface area contributed by atoms with Crippen molar-refractivity contribution in [2.45, 2.75) is 6.10 Å². The predicted octanol–water partition coefficient (Wildman–Crippen LogP) is 4.24. The van der Waals surface area contributed by atoms with Crippen LogP contribution >= 0.6 is 31.9 Å². The van der Waals surface area contributed by atoms with Crippen molar-refractivity contribution in [3.63, 3.8) is 0 Å². The Morgan fingerprint density at radius 3 is 2.70 bits per heavy atom. The van der Waals surface area contributed by atoms with Crippen molar-refractivity contribution < 1.29 is 5.11 Å². The lowest BCUT2D eigenvalue weighted by atomic mass is 10.0. The summed E-state index contributed by atoms with van der Waals surface area (Å²) in [6.45, 7) is 0. The normalized spacial score (nSPS) is 12.6. The van der Waals surface area contributed by atoms with Crippen LogP contribution in [0.1, 0.15) is 17.4 Å².